The van der Waals surface area contributed by atoms with Crippen molar-refractivity contribution in [2.75, 3.05) is 0 Å². The monoisotopic (exact) mass is 647 g/mol. The Morgan fingerprint density at radius 2 is 1.59 bits per heavy atom. The van der Waals surface area contributed by atoms with E-state index in [0.717, 1.165) is 57.9 Å². The van der Waals surface area contributed by atoms with Gasteiger partial charge in [-0.1, -0.05) is 86.1 Å². The molecule has 234 valence electrons. The van der Waals surface area contributed by atoms with Gasteiger partial charge in [-0.3, -0.25) is 9.79 Å². The zero-order valence-electron chi connectivity index (χ0n) is 26.2. The van der Waals surface area contributed by atoms with Crippen LogP contribution in [-0.2, 0) is 30.5 Å². The van der Waals surface area contributed by atoms with E-state index in [1.165, 1.54) is 16.7 Å². The van der Waals surface area contributed by atoms with Gasteiger partial charge in [0.25, 0.3) is 0 Å². The van der Waals surface area contributed by atoms with Crippen molar-refractivity contribution in [3.63, 3.8) is 0 Å². The number of aryl methyl sites for hydroxylation is 2. The molecular weight excluding hydrogens is 610 g/mol. The summed E-state index contributed by atoms with van der Waals surface area (Å²) in [6.07, 6.45) is 9.95. The molecule has 0 aliphatic carbocycles. The van der Waals surface area contributed by atoms with Gasteiger partial charge in [-0.25, -0.2) is 4.98 Å². The van der Waals surface area contributed by atoms with Gasteiger partial charge in [0.05, 0.1) is 16.2 Å². The van der Waals surface area contributed by atoms with Crippen LogP contribution in [0.25, 0.3) is 28.1 Å². The van der Waals surface area contributed by atoms with E-state index in [1.807, 2.05) is 30.3 Å². The number of thiazole rings is 1. The number of rotatable bonds is 13. The van der Waals surface area contributed by atoms with Crippen molar-refractivity contribution in [1.82, 2.24) is 9.97 Å². The van der Waals surface area contributed by atoms with Gasteiger partial charge in [0, 0.05) is 46.9 Å². The summed E-state index contributed by atoms with van der Waals surface area (Å²) in [6, 6.07) is 27.4. The third kappa shape index (κ3) is 7.57. The number of aliphatic imine (C=N–C) groups is 1. The molecule has 0 saturated carbocycles. The summed E-state index contributed by atoms with van der Waals surface area (Å²) in [6.45, 7) is 4.51. The van der Waals surface area contributed by atoms with Crippen LogP contribution >= 0.6 is 22.9 Å². The molecule has 2 N–H and O–H groups in total. The Morgan fingerprint density at radius 1 is 0.913 bits per heavy atom. The smallest absolute Gasteiger partial charge is 0.303 e. The molecule has 46 heavy (non-hydrogen) atoms. The molecule has 1 unspecified atom stereocenters. The molecule has 5 nitrogen and oxygen atoms in total. The van der Waals surface area contributed by atoms with Crippen LogP contribution < -0.4 is 0 Å². The topological polar surface area (TPSA) is 78.3 Å². The average Bonchev–Trinajstić information content (AvgIpc) is 3.81. The normalized spacial score (nSPS) is 15.9. The molecule has 3 heterocycles. The van der Waals surface area contributed by atoms with Crippen LogP contribution in [0.2, 0.25) is 5.02 Å². The fourth-order valence-corrected chi connectivity index (χ4v) is 7.20. The maximum atomic E-state index is 11.6. The van der Waals surface area contributed by atoms with Gasteiger partial charge in [0.15, 0.2) is 0 Å². The van der Waals surface area contributed by atoms with Crippen molar-refractivity contribution in [2.24, 2.45) is 10.9 Å². The number of carbonyl (C=O) groups is 1. The third-order valence-electron chi connectivity index (χ3n) is 8.57. The first-order chi connectivity index (χ1) is 22.3. The predicted octanol–water partition coefficient (Wildman–Crippen LogP) is 9.76. The molecule has 0 spiro atoms. The lowest BCUT2D eigenvalue weighted by Crippen LogP contribution is -2.30. The third-order valence-corrected chi connectivity index (χ3v) is 9.67. The van der Waals surface area contributed by atoms with Crippen LogP contribution in [-0.4, -0.2) is 32.8 Å². The van der Waals surface area contributed by atoms with Crippen LogP contribution in [0, 0.1) is 5.92 Å². The van der Waals surface area contributed by atoms with Crippen molar-refractivity contribution in [1.29, 1.82) is 0 Å². The molecule has 0 radical (unpaired) electrons. The first kappa shape index (κ1) is 31.7. The number of hydrogen-bond donors (Lipinski definition) is 2. The van der Waals surface area contributed by atoms with Crippen LogP contribution in [0.4, 0.5) is 0 Å². The van der Waals surface area contributed by atoms with Gasteiger partial charge in [-0.15, -0.1) is 11.3 Å². The highest BCUT2D eigenvalue weighted by molar-refractivity contribution is 7.10. The second-order valence-corrected chi connectivity index (χ2v) is 13.9. The Labute approximate surface area is 279 Å². The fraction of sp³-hybridized carbons (Fsp3) is 0.256. The van der Waals surface area contributed by atoms with E-state index < -0.39 is 11.5 Å². The summed E-state index contributed by atoms with van der Waals surface area (Å²) in [5, 5.41) is 13.2. The summed E-state index contributed by atoms with van der Waals surface area (Å²) in [5.74, 6) is -0.163. The molecule has 5 aromatic rings. The Bertz CT molecular complexity index is 1850. The van der Waals surface area contributed by atoms with E-state index >= 15 is 0 Å². The molecule has 7 heteroatoms. The average molecular weight is 648 g/mol. The SMILES string of the molecule is CC(C)Cc1ccc(CCc2c[nH]c(-c3ccc(-c4csc(CC5(CCC(=O)O)N=CC=C5c5ccc(Cl)cc5)n4)cc3)c2)cc1. The summed E-state index contributed by atoms with van der Waals surface area (Å²) >= 11 is 7.73. The number of carboxylic acids is 1. The largest absolute Gasteiger partial charge is 0.481 e. The summed E-state index contributed by atoms with van der Waals surface area (Å²) in [4.78, 5) is 24.9. The van der Waals surface area contributed by atoms with E-state index in [-0.39, 0.29) is 6.42 Å². The number of aliphatic carboxylic acids is 1. The van der Waals surface area contributed by atoms with Gasteiger partial charge in [0.1, 0.15) is 0 Å². The quantitative estimate of drug-likeness (QED) is 0.134. The molecule has 6 rings (SSSR count). The van der Waals surface area contributed by atoms with E-state index in [9.17, 15) is 9.90 Å². The lowest BCUT2D eigenvalue weighted by atomic mass is 9.80. The number of halogens is 1. The van der Waals surface area contributed by atoms with Crippen LogP contribution in [0.5, 0.6) is 0 Å². The molecule has 0 bridgehead atoms. The standard InChI is InChI=1S/C39H38ClN3O2S/c1-26(2)21-28-6-3-27(4-7-28)5-8-29-22-35(41-24-29)31-9-11-32(12-10-31)36-25-46-37(43-36)23-39(19-17-38(44)45)34(18-20-42-39)30-13-15-33(40)16-14-30/h3-4,6-7,9-16,18,20,22,24-26,41H,5,8,17,19,21,23H2,1-2H3,(H,44,45). The fourth-order valence-electron chi connectivity index (χ4n) is 6.16. The molecule has 0 fully saturated rings. The Kier molecular flexibility index (Phi) is 9.67. The highest BCUT2D eigenvalue weighted by atomic mass is 35.5. The lowest BCUT2D eigenvalue weighted by molar-refractivity contribution is -0.137. The predicted molar refractivity (Wildman–Crippen MR) is 191 cm³/mol. The summed E-state index contributed by atoms with van der Waals surface area (Å²) < 4.78 is 0. The van der Waals surface area contributed by atoms with Gasteiger partial charge >= 0.3 is 5.97 Å². The maximum absolute atomic E-state index is 11.6. The molecule has 3 aromatic carbocycles. The number of nitrogens with one attached hydrogen (secondary N) is 1. The number of aromatic amines is 1. The highest BCUT2D eigenvalue weighted by Gasteiger charge is 2.38. The van der Waals surface area contributed by atoms with Crippen LogP contribution in [0.3, 0.4) is 0 Å². The second-order valence-electron chi connectivity index (χ2n) is 12.5. The van der Waals surface area contributed by atoms with E-state index in [4.69, 9.17) is 21.6 Å². The van der Waals surface area contributed by atoms with Gasteiger partial charge in [0.2, 0.25) is 0 Å². The molecule has 1 atom stereocenters. The van der Waals surface area contributed by atoms with Crippen molar-refractivity contribution < 1.29 is 9.90 Å². The zero-order valence-corrected chi connectivity index (χ0v) is 27.7. The van der Waals surface area contributed by atoms with Crippen LogP contribution in [0.1, 0.15) is 54.0 Å². The number of nitrogens with zero attached hydrogens (tertiary/aromatic N) is 2. The number of carboxylic acid groups (broad SMARTS) is 1. The number of allylic oxidation sites excluding steroid dienone is 1. The van der Waals surface area contributed by atoms with Gasteiger partial charge in [-0.05, 0) is 89.3 Å². The van der Waals surface area contributed by atoms with E-state index in [2.05, 4.69) is 85.0 Å². The number of H-pyrrole nitrogens is 1. The summed E-state index contributed by atoms with van der Waals surface area (Å²) in [7, 11) is 0. The molecular formula is C39H38ClN3O2S. The number of hydrogen-bond acceptors (Lipinski definition) is 4. The molecule has 1 aliphatic rings. The number of benzene rings is 3. The van der Waals surface area contributed by atoms with E-state index in [0.29, 0.717) is 23.8 Å². The van der Waals surface area contributed by atoms with Crippen molar-refractivity contribution >= 4 is 40.7 Å². The van der Waals surface area contributed by atoms with Crippen LogP contribution in [0.15, 0.2) is 102 Å². The van der Waals surface area contributed by atoms with Gasteiger partial charge < -0.3 is 10.1 Å². The highest BCUT2D eigenvalue weighted by Crippen LogP contribution is 2.41. The lowest BCUT2D eigenvalue weighted by Gasteiger charge is -2.29. The molecule has 0 amide bonds. The minimum Gasteiger partial charge on any atom is -0.481 e. The molecule has 0 saturated heterocycles. The minimum absolute atomic E-state index is 0.0218. The maximum Gasteiger partial charge on any atom is 0.303 e. The van der Waals surface area contributed by atoms with Gasteiger partial charge in [-0.2, -0.15) is 0 Å². The summed E-state index contributed by atoms with van der Waals surface area (Å²) in [5.41, 5.74) is 9.56. The number of aromatic nitrogens is 2. The Hall–Kier alpha value is -4.26. The van der Waals surface area contributed by atoms with Crippen molar-refractivity contribution in [2.45, 2.75) is 57.9 Å². The molecule has 2 aromatic heterocycles. The second kappa shape index (κ2) is 14.0. The van der Waals surface area contributed by atoms with Crippen molar-refractivity contribution in [3.8, 4) is 22.5 Å². The first-order valence-electron chi connectivity index (χ1n) is 15.8. The Morgan fingerprint density at radius 3 is 2.30 bits per heavy atom. The Balaban J connectivity index is 1.12. The zero-order chi connectivity index (χ0) is 32.1. The first-order valence-corrected chi connectivity index (χ1v) is 17.1. The minimum atomic E-state index is -0.835. The molecule has 1 aliphatic heterocycles. The van der Waals surface area contributed by atoms with E-state index in [1.54, 1.807) is 17.6 Å². The van der Waals surface area contributed by atoms with Crippen molar-refractivity contribution in [3.05, 3.63) is 129 Å².